The van der Waals surface area contributed by atoms with Gasteiger partial charge in [0.15, 0.2) is 17.7 Å². The predicted octanol–water partition coefficient (Wildman–Crippen LogP) is 9.53. The van der Waals surface area contributed by atoms with Crippen molar-refractivity contribution in [2.45, 2.75) is 185 Å². The molecule has 5 rings (SSSR count). The highest BCUT2D eigenvalue weighted by Crippen LogP contribution is 2.40. The summed E-state index contributed by atoms with van der Waals surface area (Å²) in [6.45, 7) is 16.0. The van der Waals surface area contributed by atoms with E-state index in [1.165, 1.54) is 23.6 Å². The molecule has 1 aromatic heterocycles. The van der Waals surface area contributed by atoms with Crippen LogP contribution < -0.4 is 16.4 Å². The largest absolute Gasteiger partial charge is 0.455 e. The van der Waals surface area contributed by atoms with Crippen molar-refractivity contribution in [3.8, 4) is 0 Å². The summed E-state index contributed by atoms with van der Waals surface area (Å²) in [5, 5.41) is 7.65. The van der Waals surface area contributed by atoms with E-state index < -0.39 is 53.8 Å². The first kappa shape index (κ1) is 76.4. The number of hydrogen-bond acceptors (Lipinski definition) is 17. The van der Waals surface area contributed by atoms with Crippen LogP contribution in [-0.4, -0.2) is 190 Å². The van der Waals surface area contributed by atoms with Crippen LogP contribution in [0.3, 0.4) is 0 Å². The summed E-state index contributed by atoms with van der Waals surface area (Å²) in [5.74, 6) is -2.89. The Kier molecular flexibility index (Phi) is 32.5. The molecule has 4 N–H and O–H groups in total. The van der Waals surface area contributed by atoms with Crippen molar-refractivity contribution >= 4 is 97.7 Å². The number of Topliss-reactive ketones (excluding diaryl/α,β-unsaturated/α-hetero) is 2. The summed E-state index contributed by atoms with van der Waals surface area (Å²) in [7, 11) is 10.3. The third-order valence-electron chi connectivity index (χ3n) is 17.7. The lowest BCUT2D eigenvalue weighted by Crippen LogP contribution is -2.57. The van der Waals surface area contributed by atoms with Crippen LogP contribution in [0.1, 0.15) is 166 Å². The smallest absolute Gasteiger partial charge is 0.303 e. The molecule has 3 aromatic rings. The SMILES string of the molecule is CC[C@H](C)C(CC(=O)C1CCCCN1C)C(=O)N(C)[C@H](C[C@@H](OC(C)=O)c1nc(C(=O)N(C)[C@@H](CSc2ccccc2)C(=O)C[C@H](CCCCN)C(=O)N[C@@H](Cc2ccccc2)C(=O)N2CCN(C(=O)CCC(C)(C)SSCCCC(=O)NC)CC2)cs1)C(C)C. The molecule has 2 fully saturated rings. The van der Waals surface area contributed by atoms with E-state index in [-0.39, 0.29) is 108 Å². The van der Waals surface area contributed by atoms with Crippen molar-refractivity contribution < 1.29 is 47.9 Å². The molecule has 2 saturated heterocycles. The molecule has 23 heteroatoms. The molecule has 0 aliphatic carbocycles. The van der Waals surface area contributed by atoms with Gasteiger partial charge in [0.2, 0.25) is 29.5 Å². The molecule has 91 heavy (non-hydrogen) atoms. The van der Waals surface area contributed by atoms with Crippen molar-refractivity contribution in [1.82, 2.24) is 40.1 Å². The number of hydrogen-bond donors (Lipinski definition) is 3. The van der Waals surface area contributed by atoms with Gasteiger partial charge in [-0.15, -0.1) is 23.1 Å². The number of carbonyl (C=O) groups is 9. The molecule has 504 valence electrons. The van der Waals surface area contributed by atoms with Crippen LogP contribution in [0, 0.1) is 23.7 Å². The molecule has 2 aliphatic heterocycles. The van der Waals surface area contributed by atoms with Crippen LogP contribution in [0.4, 0.5) is 0 Å². The second-order valence-electron chi connectivity index (χ2n) is 25.4. The molecule has 0 radical (unpaired) electrons. The minimum atomic E-state index is -1.04. The number of ether oxygens (including phenoxy) is 1. The maximum absolute atomic E-state index is 15.1. The van der Waals surface area contributed by atoms with Crippen LogP contribution in [0.25, 0.3) is 0 Å². The third kappa shape index (κ3) is 24.5. The van der Waals surface area contributed by atoms with Crippen molar-refractivity contribution in [1.29, 1.82) is 0 Å². The van der Waals surface area contributed by atoms with Gasteiger partial charge in [-0.3, -0.25) is 48.1 Å². The highest BCUT2D eigenvalue weighted by atomic mass is 33.1. The number of amides is 6. The minimum Gasteiger partial charge on any atom is -0.455 e. The van der Waals surface area contributed by atoms with Crippen molar-refractivity contribution in [3.05, 3.63) is 82.3 Å². The summed E-state index contributed by atoms with van der Waals surface area (Å²) >= 11 is 2.54. The molecular weight excluding hydrogens is 1230 g/mol. The number of likely N-dealkylation sites (N-methyl/N-ethyl adjacent to an activating group) is 2. The number of thiazole rings is 1. The number of thioether (sulfide) groups is 1. The highest BCUT2D eigenvalue weighted by molar-refractivity contribution is 8.77. The fraction of sp³-hybridized carbons (Fsp3) is 0.647. The fourth-order valence-corrected chi connectivity index (χ4v) is 16.3. The third-order valence-corrected chi connectivity index (χ3v) is 23.2. The van der Waals surface area contributed by atoms with Gasteiger partial charge in [-0.1, -0.05) is 117 Å². The van der Waals surface area contributed by atoms with E-state index in [0.29, 0.717) is 69.6 Å². The summed E-state index contributed by atoms with van der Waals surface area (Å²) in [6.07, 6.45) is 6.51. The Bertz CT molecular complexity index is 2820. The number of piperazine rings is 1. The summed E-state index contributed by atoms with van der Waals surface area (Å²) in [6, 6.07) is 16.2. The predicted molar refractivity (Wildman–Crippen MR) is 366 cm³/mol. The number of rotatable bonds is 38. The Morgan fingerprint density at radius 3 is 2.15 bits per heavy atom. The van der Waals surface area contributed by atoms with Crippen LogP contribution in [-0.2, 0) is 49.5 Å². The molecule has 0 bridgehead atoms. The number of ketones is 2. The van der Waals surface area contributed by atoms with E-state index in [2.05, 4.69) is 29.4 Å². The monoisotopic (exact) mass is 1330 g/mol. The summed E-state index contributed by atoms with van der Waals surface area (Å²) in [5.41, 5.74) is 6.83. The van der Waals surface area contributed by atoms with Crippen LogP contribution in [0.2, 0.25) is 0 Å². The first-order chi connectivity index (χ1) is 43.4. The lowest BCUT2D eigenvalue weighted by Gasteiger charge is -2.37. The number of unbranched alkanes of at least 4 members (excludes halogenated alkanes) is 1. The van der Waals surface area contributed by atoms with Crippen molar-refractivity contribution in [2.24, 2.45) is 29.4 Å². The topological polar surface area (TPSA) is 242 Å². The average molecular weight is 1330 g/mol. The fourth-order valence-electron chi connectivity index (χ4n) is 11.7. The van der Waals surface area contributed by atoms with Gasteiger partial charge in [-0.25, -0.2) is 4.98 Å². The van der Waals surface area contributed by atoms with Gasteiger partial charge in [0.25, 0.3) is 5.91 Å². The Balaban J connectivity index is 1.33. The molecule has 0 spiro atoms. The molecular formula is C68H103N9O10S4. The van der Waals surface area contributed by atoms with E-state index in [4.69, 9.17) is 15.5 Å². The second kappa shape index (κ2) is 38.8. The lowest BCUT2D eigenvalue weighted by atomic mass is 9.83. The van der Waals surface area contributed by atoms with E-state index >= 15 is 4.79 Å². The van der Waals surface area contributed by atoms with E-state index in [1.807, 2.05) is 95.4 Å². The molecule has 3 heterocycles. The zero-order valence-electron chi connectivity index (χ0n) is 55.8. The number of esters is 1. The van der Waals surface area contributed by atoms with Gasteiger partial charge in [0.1, 0.15) is 16.7 Å². The van der Waals surface area contributed by atoms with Gasteiger partial charge in [0.05, 0.1) is 12.1 Å². The normalized spacial score (nSPS) is 17.0. The second-order valence-corrected chi connectivity index (χ2v) is 30.5. The number of likely N-dealkylation sites (tertiary alicyclic amines) is 1. The zero-order valence-corrected chi connectivity index (χ0v) is 59.1. The molecule has 2 aromatic carbocycles. The van der Waals surface area contributed by atoms with Gasteiger partial charge in [-0.05, 0) is 102 Å². The van der Waals surface area contributed by atoms with Gasteiger partial charge < -0.3 is 40.7 Å². The average Bonchev–Trinajstić information content (AvgIpc) is 1.98. The number of nitrogens with zero attached hydrogens (tertiary/aromatic N) is 6. The number of nitrogens with one attached hydrogen (secondary N) is 2. The van der Waals surface area contributed by atoms with E-state index in [0.717, 1.165) is 59.8 Å². The highest BCUT2D eigenvalue weighted by Gasteiger charge is 2.40. The Morgan fingerprint density at radius 2 is 1.53 bits per heavy atom. The standard InChI is InChI=1S/C68H103N9O10S4/c1-12-47(4)52(42-59(80)55-29-20-22-34-73(55)9)65(84)74(10)56(46(2)3)43-60(87-48(5)78)64-72-54(44-89-64)66(85)75(11)57(45-88-51-27-17-14-18-28-51)58(79)41-50(26-19-21-33-69)63(83)71-53(40-49-24-15-13-16-25-49)67(86)77-37-35-76(36-38-77)62(82)31-32-68(6,7)91-90-39-23-30-61(81)70-8/h13-18,24-25,27-28,44,46-47,50,52-53,55-57,60H,12,19-23,26,29-43,45,69H2,1-11H3,(H,70,81)(H,71,83)/t47-,50-,52?,53-,55?,56+,57-,60+/m0/s1. The molecule has 19 nitrogen and oxygen atoms in total. The molecule has 2 aliphatic rings. The van der Waals surface area contributed by atoms with Crippen LogP contribution in [0.5, 0.6) is 0 Å². The zero-order chi connectivity index (χ0) is 66.8. The first-order valence-electron chi connectivity index (χ1n) is 32.6. The molecule has 2 unspecified atom stereocenters. The maximum atomic E-state index is 15.1. The number of piperidine rings is 1. The quantitative estimate of drug-likeness (QED) is 0.0209. The number of carbonyl (C=O) groups excluding carboxylic acids is 9. The number of aromatic nitrogens is 1. The summed E-state index contributed by atoms with van der Waals surface area (Å²) < 4.78 is 5.79. The van der Waals surface area contributed by atoms with E-state index in [1.54, 1.807) is 62.8 Å². The summed E-state index contributed by atoms with van der Waals surface area (Å²) in [4.78, 5) is 140. The molecule has 0 saturated carbocycles. The van der Waals surface area contributed by atoms with Crippen LogP contribution in [0.15, 0.2) is 70.9 Å². The van der Waals surface area contributed by atoms with Gasteiger partial charge in [0, 0.05) is 137 Å². The van der Waals surface area contributed by atoms with Crippen molar-refractivity contribution in [2.75, 3.05) is 79.0 Å². The molecule has 8 atom stereocenters. The van der Waals surface area contributed by atoms with Gasteiger partial charge in [-0.2, -0.15) is 0 Å². The van der Waals surface area contributed by atoms with Gasteiger partial charge >= 0.3 is 5.97 Å². The Labute approximate surface area is 557 Å². The minimum absolute atomic E-state index is 0.0194. The Morgan fingerprint density at radius 1 is 0.857 bits per heavy atom. The maximum Gasteiger partial charge on any atom is 0.303 e. The van der Waals surface area contributed by atoms with Crippen LogP contribution >= 0.6 is 44.7 Å². The first-order valence-corrected chi connectivity index (χ1v) is 36.8. The number of nitrogens with two attached hydrogens (primary N) is 1. The Hall–Kier alpha value is -5.33. The van der Waals surface area contributed by atoms with Crippen molar-refractivity contribution in [3.63, 3.8) is 0 Å². The lowest BCUT2D eigenvalue weighted by molar-refractivity contribution is -0.149. The molecule has 6 amide bonds. The number of benzene rings is 2. The van der Waals surface area contributed by atoms with E-state index in [9.17, 15) is 38.4 Å².